The van der Waals surface area contributed by atoms with E-state index in [0.717, 1.165) is 23.1 Å². The molecule has 1 saturated heterocycles. The monoisotopic (exact) mass is 629 g/mol. The Bertz CT molecular complexity index is 1300. The van der Waals surface area contributed by atoms with Gasteiger partial charge in [-0.25, -0.2) is 0 Å². The maximum Gasteiger partial charge on any atom is 0.247 e. The minimum absolute atomic E-state index is 0.237. The summed E-state index contributed by atoms with van der Waals surface area (Å²) in [4.78, 5) is 31.4. The molecule has 39 heavy (non-hydrogen) atoms. The van der Waals surface area contributed by atoms with Crippen LogP contribution in [0, 0.1) is 0 Å². The minimum Gasteiger partial charge on any atom is -0.379 e. The van der Waals surface area contributed by atoms with E-state index in [-0.39, 0.29) is 18.4 Å². The molecule has 0 radical (unpaired) electrons. The molecule has 3 aromatic rings. The average molecular weight is 631 g/mol. The van der Waals surface area contributed by atoms with Crippen LogP contribution in [0.3, 0.4) is 0 Å². The van der Waals surface area contributed by atoms with Crippen molar-refractivity contribution in [1.29, 1.82) is 0 Å². The predicted octanol–water partition coefficient (Wildman–Crippen LogP) is 5.99. The number of halogens is 3. The van der Waals surface area contributed by atoms with Gasteiger partial charge in [0, 0.05) is 53.3 Å². The lowest BCUT2D eigenvalue weighted by Crippen LogP contribution is -2.46. The smallest absolute Gasteiger partial charge is 0.247 e. The molecular weight excluding hydrogens is 601 g/mol. The molecule has 1 unspecified atom stereocenters. The van der Waals surface area contributed by atoms with Gasteiger partial charge in [-0.2, -0.15) is 0 Å². The number of benzene rings is 3. The van der Waals surface area contributed by atoms with E-state index < -0.39 is 6.04 Å². The Morgan fingerprint density at radius 1 is 1.03 bits per heavy atom. The number of morpholine rings is 1. The van der Waals surface area contributed by atoms with Crippen LogP contribution in [-0.2, 0) is 20.9 Å². The Kier molecular flexibility index (Phi) is 11.0. The summed E-state index contributed by atoms with van der Waals surface area (Å²) in [6, 6.07) is 21.3. The molecule has 1 aliphatic heterocycles. The molecule has 0 aromatic heterocycles. The highest BCUT2D eigenvalue weighted by Gasteiger charge is 2.32. The molecule has 4 rings (SSSR count). The van der Waals surface area contributed by atoms with Crippen molar-refractivity contribution in [3.8, 4) is 0 Å². The number of ether oxygens (including phenoxy) is 1. The zero-order valence-corrected chi connectivity index (χ0v) is 24.5. The van der Waals surface area contributed by atoms with E-state index in [4.69, 9.17) is 27.9 Å². The number of hydrogen-bond donors (Lipinski definition) is 1. The van der Waals surface area contributed by atoms with Crippen molar-refractivity contribution in [2.75, 3.05) is 39.4 Å². The maximum atomic E-state index is 13.8. The molecule has 1 fully saturated rings. The Balaban J connectivity index is 1.64. The summed E-state index contributed by atoms with van der Waals surface area (Å²) < 4.78 is 6.16. The molecule has 1 N–H and O–H groups in total. The van der Waals surface area contributed by atoms with E-state index >= 15 is 0 Å². The Morgan fingerprint density at radius 3 is 2.46 bits per heavy atom. The van der Waals surface area contributed by atoms with Crippen molar-refractivity contribution in [3.63, 3.8) is 0 Å². The number of rotatable bonds is 10. The molecule has 0 bridgehead atoms. The highest BCUT2D eigenvalue weighted by atomic mass is 79.9. The molecule has 3 aromatic carbocycles. The zero-order chi connectivity index (χ0) is 27.6. The van der Waals surface area contributed by atoms with Gasteiger partial charge in [-0.05, 0) is 41.0 Å². The van der Waals surface area contributed by atoms with Gasteiger partial charge in [-0.15, -0.1) is 0 Å². The minimum atomic E-state index is -0.872. The molecule has 6 nitrogen and oxygen atoms in total. The standard InChI is InChI=1S/C30H30BrCl2N3O3/c31-26-9-5-4-8-25(26)29(30(38)34-14-15-35-16-18-39-19-17-35)36(21-22-6-2-1-3-7-22)28(37)13-11-23-10-12-24(32)20-27(23)33/h1-13,20,29H,14-19,21H2,(H,34,38)/b13-11+. The van der Waals surface area contributed by atoms with Gasteiger partial charge < -0.3 is 15.0 Å². The Morgan fingerprint density at radius 2 is 1.74 bits per heavy atom. The van der Waals surface area contributed by atoms with Crippen LogP contribution in [0.5, 0.6) is 0 Å². The van der Waals surface area contributed by atoms with E-state index in [1.54, 1.807) is 29.2 Å². The van der Waals surface area contributed by atoms with Gasteiger partial charge in [0.25, 0.3) is 0 Å². The largest absolute Gasteiger partial charge is 0.379 e. The second-order valence-corrected chi connectivity index (χ2v) is 10.8. The topological polar surface area (TPSA) is 61.9 Å². The predicted molar refractivity (Wildman–Crippen MR) is 160 cm³/mol. The van der Waals surface area contributed by atoms with Crippen LogP contribution < -0.4 is 5.32 Å². The van der Waals surface area contributed by atoms with E-state index in [2.05, 4.69) is 26.1 Å². The van der Waals surface area contributed by atoms with Gasteiger partial charge in [0.1, 0.15) is 6.04 Å². The van der Waals surface area contributed by atoms with Gasteiger partial charge >= 0.3 is 0 Å². The summed E-state index contributed by atoms with van der Waals surface area (Å²) in [6.07, 6.45) is 3.09. The number of hydrogen-bond acceptors (Lipinski definition) is 4. The fourth-order valence-electron chi connectivity index (χ4n) is 4.38. The number of carbonyl (C=O) groups is 2. The van der Waals surface area contributed by atoms with Crippen molar-refractivity contribution in [1.82, 2.24) is 15.1 Å². The van der Waals surface area contributed by atoms with Crippen LogP contribution in [0.2, 0.25) is 10.0 Å². The van der Waals surface area contributed by atoms with Crippen LogP contribution >= 0.6 is 39.1 Å². The summed E-state index contributed by atoms with van der Waals surface area (Å²) in [5, 5.41) is 4.02. The second-order valence-electron chi connectivity index (χ2n) is 9.12. The van der Waals surface area contributed by atoms with E-state index in [0.29, 0.717) is 47.5 Å². The van der Waals surface area contributed by atoms with Crippen molar-refractivity contribution in [2.24, 2.45) is 0 Å². The van der Waals surface area contributed by atoms with Gasteiger partial charge in [-0.3, -0.25) is 14.5 Å². The molecule has 204 valence electrons. The first-order valence-electron chi connectivity index (χ1n) is 12.7. The molecule has 2 amide bonds. The second kappa shape index (κ2) is 14.6. The lowest BCUT2D eigenvalue weighted by molar-refractivity contribution is -0.138. The zero-order valence-electron chi connectivity index (χ0n) is 21.4. The average Bonchev–Trinajstić information content (AvgIpc) is 2.94. The highest BCUT2D eigenvalue weighted by molar-refractivity contribution is 9.10. The van der Waals surface area contributed by atoms with Gasteiger partial charge in [0.15, 0.2) is 0 Å². The molecule has 1 heterocycles. The third kappa shape index (κ3) is 8.40. The van der Waals surface area contributed by atoms with Crippen molar-refractivity contribution >= 4 is 57.0 Å². The molecule has 0 saturated carbocycles. The summed E-state index contributed by atoms with van der Waals surface area (Å²) in [7, 11) is 0. The lowest BCUT2D eigenvalue weighted by atomic mass is 10.0. The van der Waals surface area contributed by atoms with Crippen molar-refractivity contribution < 1.29 is 14.3 Å². The number of nitrogens with zero attached hydrogens (tertiary/aromatic N) is 2. The molecule has 1 atom stereocenters. The van der Waals surface area contributed by atoms with Gasteiger partial charge in [0.2, 0.25) is 11.8 Å². The first-order valence-corrected chi connectivity index (χ1v) is 14.3. The fourth-order valence-corrected chi connectivity index (χ4v) is 5.35. The fraction of sp³-hybridized carbons (Fsp3) is 0.267. The quantitative estimate of drug-likeness (QED) is 0.280. The first-order chi connectivity index (χ1) is 18.9. The lowest BCUT2D eigenvalue weighted by Gasteiger charge is -2.32. The molecule has 1 aliphatic rings. The number of nitrogens with one attached hydrogen (secondary N) is 1. The van der Waals surface area contributed by atoms with Crippen LogP contribution in [0.4, 0.5) is 0 Å². The molecular formula is C30H30BrCl2N3O3. The van der Waals surface area contributed by atoms with Gasteiger partial charge in [0.05, 0.1) is 13.2 Å². The third-order valence-electron chi connectivity index (χ3n) is 6.44. The summed E-state index contributed by atoms with van der Waals surface area (Å²) in [6.45, 7) is 4.46. The normalized spacial score (nSPS) is 14.7. The Hall–Kier alpha value is -2.68. The van der Waals surface area contributed by atoms with Crippen LogP contribution in [0.1, 0.15) is 22.7 Å². The number of carbonyl (C=O) groups excluding carboxylic acids is 2. The molecule has 0 spiro atoms. The van der Waals surface area contributed by atoms with Crippen molar-refractivity contribution in [3.05, 3.63) is 110 Å². The first kappa shape index (κ1) is 29.3. The van der Waals surface area contributed by atoms with E-state index in [1.165, 1.54) is 6.08 Å². The van der Waals surface area contributed by atoms with E-state index in [9.17, 15) is 9.59 Å². The van der Waals surface area contributed by atoms with Crippen LogP contribution in [-0.4, -0.2) is 61.0 Å². The summed E-state index contributed by atoms with van der Waals surface area (Å²) in [5.74, 6) is -0.577. The highest BCUT2D eigenvalue weighted by Crippen LogP contribution is 2.30. The summed E-state index contributed by atoms with van der Waals surface area (Å²) in [5.41, 5.74) is 2.26. The number of amides is 2. The SMILES string of the molecule is O=C(NCCN1CCOCC1)C(c1ccccc1Br)N(Cc1ccccc1)C(=O)/C=C/c1ccc(Cl)cc1Cl. The molecule has 0 aliphatic carbocycles. The van der Waals surface area contributed by atoms with Crippen LogP contribution in [0.15, 0.2) is 83.3 Å². The third-order valence-corrected chi connectivity index (χ3v) is 7.72. The van der Waals surface area contributed by atoms with Gasteiger partial charge in [-0.1, -0.05) is 93.7 Å². The van der Waals surface area contributed by atoms with E-state index in [1.807, 2.05) is 54.6 Å². The molecule has 9 heteroatoms. The maximum absolute atomic E-state index is 13.8. The summed E-state index contributed by atoms with van der Waals surface area (Å²) >= 11 is 16.0. The Labute approximate surface area is 247 Å². The van der Waals surface area contributed by atoms with Crippen molar-refractivity contribution in [2.45, 2.75) is 12.6 Å². The van der Waals surface area contributed by atoms with Crippen LogP contribution in [0.25, 0.3) is 6.08 Å².